The van der Waals surface area contributed by atoms with Gasteiger partial charge in [0.05, 0.1) is 0 Å². The maximum atomic E-state index is 6.35. The van der Waals surface area contributed by atoms with Crippen molar-refractivity contribution in [3.63, 3.8) is 0 Å². The monoisotopic (exact) mass is 536 g/mol. The van der Waals surface area contributed by atoms with Gasteiger partial charge in [-0.1, -0.05) is 122 Å². The van der Waals surface area contributed by atoms with Gasteiger partial charge >= 0.3 is 0 Å². The van der Waals surface area contributed by atoms with Gasteiger partial charge in [0.1, 0.15) is 11.2 Å². The van der Waals surface area contributed by atoms with Gasteiger partial charge in [0.2, 0.25) is 0 Å². The number of fused-ring (bicyclic) bond motifs is 6. The van der Waals surface area contributed by atoms with E-state index in [1.807, 2.05) is 19.1 Å². The molecular weight excluding hydrogens is 508 g/mol. The van der Waals surface area contributed by atoms with Gasteiger partial charge in [-0.3, -0.25) is 0 Å². The summed E-state index contributed by atoms with van der Waals surface area (Å²) in [5, 5.41) is 9.74. The molecule has 42 heavy (non-hydrogen) atoms. The highest BCUT2D eigenvalue weighted by molar-refractivity contribution is 6.24. The molecule has 0 bridgehead atoms. The molecule has 1 heteroatoms. The zero-order valence-electron chi connectivity index (χ0n) is 23.4. The largest absolute Gasteiger partial charge is 0.456 e. The summed E-state index contributed by atoms with van der Waals surface area (Å²) in [6.07, 6.45) is 6.07. The Labute approximate surface area is 244 Å². The molecule has 0 aliphatic rings. The van der Waals surface area contributed by atoms with Gasteiger partial charge in [-0.15, -0.1) is 0 Å². The van der Waals surface area contributed by atoms with Gasteiger partial charge in [-0.05, 0) is 96.9 Å². The van der Waals surface area contributed by atoms with Crippen molar-refractivity contribution in [1.29, 1.82) is 0 Å². The van der Waals surface area contributed by atoms with Crippen molar-refractivity contribution < 1.29 is 4.42 Å². The van der Waals surface area contributed by atoms with Crippen molar-refractivity contribution in [2.75, 3.05) is 0 Å². The van der Waals surface area contributed by atoms with Crippen LogP contribution < -0.4 is 0 Å². The second-order valence-electron chi connectivity index (χ2n) is 10.9. The summed E-state index contributed by atoms with van der Waals surface area (Å²) in [4.78, 5) is 0. The lowest BCUT2D eigenvalue weighted by Gasteiger charge is -2.18. The molecule has 0 amide bonds. The molecule has 0 aliphatic heterocycles. The Bertz CT molecular complexity index is 2320. The van der Waals surface area contributed by atoms with Crippen LogP contribution >= 0.6 is 0 Å². The van der Waals surface area contributed by atoms with Gasteiger partial charge in [-0.25, -0.2) is 0 Å². The summed E-state index contributed by atoms with van der Waals surface area (Å²) in [5.74, 6) is 0. The number of hydrogen-bond acceptors (Lipinski definition) is 1. The normalized spacial score (nSPS) is 11.9. The molecule has 0 N–H and O–H groups in total. The van der Waals surface area contributed by atoms with Crippen LogP contribution in [-0.2, 0) is 0 Å². The molecule has 1 nitrogen and oxygen atoms in total. The van der Waals surface area contributed by atoms with Crippen LogP contribution in [0, 0.1) is 0 Å². The molecule has 0 saturated heterocycles. The number of benzene rings is 7. The van der Waals surface area contributed by atoms with Gasteiger partial charge in [0, 0.05) is 10.8 Å². The average Bonchev–Trinajstić information content (AvgIpc) is 3.39. The summed E-state index contributed by atoms with van der Waals surface area (Å²) in [6.45, 7) is 6.10. The third kappa shape index (κ3) is 3.64. The van der Waals surface area contributed by atoms with E-state index in [0.717, 1.165) is 33.1 Å². The maximum Gasteiger partial charge on any atom is 0.136 e. The minimum atomic E-state index is 0.891. The molecule has 198 valence electrons. The highest BCUT2D eigenvalue weighted by Gasteiger charge is 2.19. The van der Waals surface area contributed by atoms with E-state index < -0.39 is 0 Å². The predicted octanol–water partition coefficient (Wildman–Crippen LogP) is 12.1. The molecule has 8 aromatic rings. The lowest BCUT2D eigenvalue weighted by molar-refractivity contribution is 0.669. The molecular formula is C41H28O. The quantitative estimate of drug-likeness (QED) is 0.204. The van der Waals surface area contributed by atoms with Gasteiger partial charge in [0.15, 0.2) is 0 Å². The third-order valence-electron chi connectivity index (χ3n) is 8.52. The van der Waals surface area contributed by atoms with Crippen LogP contribution in [-0.4, -0.2) is 0 Å². The van der Waals surface area contributed by atoms with Crippen LogP contribution in [0.15, 0.2) is 138 Å². The highest BCUT2D eigenvalue weighted by Crippen LogP contribution is 2.46. The first kappa shape index (κ1) is 24.4. The standard InChI is InChI=1S/C41H28O/c1-3-12-28-25-39-37(23-26(28)4-2)36-24-29(21-22-38(36)42-39)40-32-16-7-9-18-34(32)41(35-19-10-8-17-33(35)40)31-20-11-14-27-13-5-6-15-30(27)31/h3-25H,2H2,1H3/b12-3-. The van der Waals surface area contributed by atoms with Crippen LogP contribution in [0.5, 0.6) is 0 Å². The Morgan fingerprint density at radius 3 is 1.83 bits per heavy atom. The zero-order chi connectivity index (χ0) is 28.2. The minimum Gasteiger partial charge on any atom is -0.456 e. The molecule has 1 heterocycles. The summed E-state index contributed by atoms with van der Waals surface area (Å²) in [6, 6.07) is 43.9. The van der Waals surface area contributed by atoms with Crippen molar-refractivity contribution >= 4 is 66.4 Å². The minimum absolute atomic E-state index is 0.891. The van der Waals surface area contributed by atoms with Crippen molar-refractivity contribution in [2.45, 2.75) is 6.92 Å². The van der Waals surface area contributed by atoms with Crippen LogP contribution in [0.4, 0.5) is 0 Å². The first-order valence-corrected chi connectivity index (χ1v) is 14.4. The van der Waals surface area contributed by atoms with Crippen LogP contribution in [0.25, 0.3) is 88.7 Å². The number of allylic oxidation sites excluding steroid dienone is 1. The maximum absolute atomic E-state index is 6.35. The van der Waals surface area contributed by atoms with E-state index in [4.69, 9.17) is 4.42 Å². The van der Waals surface area contributed by atoms with E-state index in [-0.39, 0.29) is 0 Å². The molecule has 1 aromatic heterocycles. The first-order valence-electron chi connectivity index (χ1n) is 14.4. The van der Waals surface area contributed by atoms with Crippen molar-refractivity contribution in [3.8, 4) is 22.3 Å². The summed E-state index contributed by atoms with van der Waals surface area (Å²) >= 11 is 0. The van der Waals surface area contributed by atoms with Gasteiger partial charge in [-0.2, -0.15) is 0 Å². The molecule has 0 fully saturated rings. The fourth-order valence-electron chi connectivity index (χ4n) is 6.68. The van der Waals surface area contributed by atoms with Gasteiger partial charge < -0.3 is 4.42 Å². The molecule has 7 aromatic carbocycles. The predicted molar refractivity (Wildman–Crippen MR) is 182 cm³/mol. The smallest absolute Gasteiger partial charge is 0.136 e. The van der Waals surface area contributed by atoms with Crippen molar-refractivity contribution in [2.24, 2.45) is 0 Å². The summed E-state index contributed by atoms with van der Waals surface area (Å²) in [7, 11) is 0. The second-order valence-corrected chi connectivity index (χ2v) is 10.9. The van der Waals surface area contributed by atoms with E-state index >= 15 is 0 Å². The van der Waals surface area contributed by atoms with Crippen molar-refractivity contribution in [1.82, 2.24) is 0 Å². The fraction of sp³-hybridized carbons (Fsp3) is 0.0244. The SMILES string of the molecule is C=Cc1cc2c(cc1/C=C\C)oc1ccc(-c3c4ccccc4c(-c4cccc5ccccc45)c4ccccc34)cc12. The fourth-order valence-corrected chi connectivity index (χ4v) is 6.68. The molecule has 0 radical (unpaired) electrons. The third-order valence-corrected chi connectivity index (χ3v) is 8.52. The second kappa shape index (κ2) is 9.61. The van der Waals surface area contributed by atoms with Crippen LogP contribution in [0.2, 0.25) is 0 Å². The molecule has 0 saturated carbocycles. The van der Waals surface area contributed by atoms with E-state index in [2.05, 4.69) is 134 Å². The number of rotatable bonds is 4. The van der Waals surface area contributed by atoms with E-state index in [1.165, 1.54) is 54.6 Å². The molecule has 8 rings (SSSR count). The molecule has 0 aliphatic carbocycles. The number of hydrogen-bond donors (Lipinski definition) is 0. The van der Waals surface area contributed by atoms with E-state index in [9.17, 15) is 0 Å². The Balaban J connectivity index is 1.46. The topological polar surface area (TPSA) is 13.1 Å². The lowest BCUT2D eigenvalue weighted by Crippen LogP contribution is -1.91. The first-order chi connectivity index (χ1) is 20.7. The number of furan rings is 1. The van der Waals surface area contributed by atoms with E-state index in [0.29, 0.717) is 0 Å². The molecule has 0 spiro atoms. The Kier molecular flexibility index (Phi) is 5.58. The highest BCUT2D eigenvalue weighted by atomic mass is 16.3. The van der Waals surface area contributed by atoms with E-state index in [1.54, 1.807) is 0 Å². The Hall–Kier alpha value is -5.40. The van der Waals surface area contributed by atoms with Crippen LogP contribution in [0.3, 0.4) is 0 Å². The Morgan fingerprint density at radius 2 is 1.14 bits per heavy atom. The van der Waals surface area contributed by atoms with Crippen molar-refractivity contribution in [3.05, 3.63) is 145 Å². The lowest BCUT2D eigenvalue weighted by atomic mass is 9.84. The molecule has 0 atom stereocenters. The van der Waals surface area contributed by atoms with Crippen LogP contribution in [0.1, 0.15) is 18.1 Å². The average molecular weight is 537 g/mol. The van der Waals surface area contributed by atoms with Gasteiger partial charge in [0.25, 0.3) is 0 Å². The summed E-state index contributed by atoms with van der Waals surface area (Å²) < 4.78 is 6.35. The summed E-state index contributed by atoms with van der Waals surface area (Å²) in [5.41, 5.74) is 8.96. The molecule has 0 unspecified atom stereocenters. The zero-order valence-corrected chi connectivity index (χ0v) is 23.4. The Morgan fingerprint density at radius 1 is 0.524 bits per heavy atom.